The smallest absolute Gasteiger partial charge is 0.358 e. The molecule has 1 rings (SSSR count). The van der Waals surface area contributed by atoms with Gasteiger partial charge < -0.3 is 10.1 Å². The highest BCUT2D eigenvalue weighted by atomic mass is 32.2. The first-order chi connectivity index (χ1) is 6.49. The van der Waals surface area contributed by atoms with E-state index in [1.807, 2.05) is 0 Å². The number of aromatic nitrogens is 1. The molecule has 0 aliphatic carbocycles. The molecule has 0 bridgehead atoms. The Kier molecular flexibility index (Phi) is 2.80. The molecule has 0 fully saturated rings. The summed E-state index contributed by atoms with van der Waals surface area (Å²) < 4.78 is 15.4. The molecule has 0 saturated carbocycles. The predicted molar refractivity (Wildman–Crippen MR) is 51.6 cm³/mol. The van der Waals surface area contributed by atoms with E-state index in [0.29, 0.717) is 0 Å². The standard InChI is InChI=1S/C7H9N3O3S/c1-8-14(2,13)6-4-3-5-9-7(6)10(11)12/h3-5H,1-2H3. The number of nitrogens with zero attached hydrogens (tertiary/aromatic N) is 3. The largest absolute Gasteiger partial charge is 0.380 e. The van der Waals surface area contributed by atoms with E-state index in [2.05, 4.69) is 9.35 Å². The van der Waals surface area contributed by atoms with Crippen LogP contribution in [0.1, 0.15) is 0 Å². The first-order valence-electron chi connectivity index (χ1n) is 3.68. The molecule has 6 nitrogen and oxygen atoms in total. The number of hydrogen-bond donors (Lipinski definition) is 0. The summed E-state index contributed by atoms with van der Waals surface area (Å²) in [6.07, 6.45) is 2.63. The Balaban J connectivity index is 3.51. The molecule has 0 spiro atoms. The van der Waals surface area contributed by atoms with Gasteiger partial charge in [-0.05, 0) is 22.0 Å². The minimum absolute atomic E-state index is 0.0625. The fraction of sp³-hybridized carbons (Fsp3) is 0.286. The quantitative estimate of drug-likeness (QED) is 0.545. The molecule has 1 aromatic heterocycles. The molecule has 0 aliphatic heterocycles. The van der Waals surface area contributed by atoms with Gasteiger partial charge in [0.25, 0.3) is 0 Å². The highest BCUT2D eigenvalue weighted by molar-refractivity contribution is 7.93. The van der Waals surface area contributed by atoms with Gasteiger partial charge >= 0.3 is 5.82 Å². The van der Waals surface area contributed by atoms with Crippen LogP contribution >= 0.6 is 0 Å². The SMILES string of the molecule is CN=S(C)(=O)c1cccnc1[N+](=O)[O-]. The van der Waals surface area contributed by atoms with Crippen LogP contribution < -0.4 is 0 Å². The second kappa shape index (κ2) is 3.70. The van der Waals surface area contributed by atoms with E-state index >= 15 is 0 Å². The van der Waals surface area contributed by atoms with Crippen LogP contribution in [-0.2, 0) is 9.73 Å². The van der Waals surface area contributed by atoms with E-state index in [4.69, 9.17) is 0 Å². The van der Waals surface area contributed by atoms with Gasteiger partial charge in [0.1, 0.15) is 11.1 Å². The maximum absolute atomic E-state index is 11.8. The molecule has 0 amide bonds. The lowest BCUT2D eigenvalue weighted by molar-refractivity contribution is -0.392. The minimum atomic E-state index is -2.70. The van der Waals surface area contributed by atoms with Crippen LogP contribution in [0.2, 0.25) is 0 Å². The van der Waals surface area contributed by atoms with Crippen molar-refractivity contribution in [3.05, 3.63) is 28.4 Å². The van der Waals surface area contributed by atoms with Crippen molar-refractivity contribution in [3.63, 3.8) is 0 Å². The van der Waals surface area contributed by atoms with E-state index < -0.39 is 20.5 Å². The first kappa shape index (κ1) is 10.6. The molecule has 0 N–H and O–H groups in total. The summed E-state index contributed by atoms with van der Waals surface area (Å²) in [7, 11) is -1.34. The third-order valence-corrected chi connectivity index (χ3v) is 3.51. The Hall–Kier alpha value is -1.50. The van der Waals surface area contributed by atoms with Crippen LogP contribution in [0.25, 0.3) is 0 Å². The lowest BCUT2D eigenvalue weighted by Crippen LogP contribution is -2.03. The fourth-order valence-corrected chi connectivity index (χ4v) is 1.91. The van der Waals surface area contributed by atoms with Gasteiger partial charge in [-0.2, -0.15) is 0 Å². The summed E-state index contributed by atoms with van der Waals surface area (Å²) in [5.41, 5.74) is 0. The molecule has 1 atom stereocenters. The molecule has 7 heteroatoms. The zero-order valence-electron chi connectivity index (χ0n) is 7.71. The summed E-state index contributed by atoms with van der Waals surface area (Å²) in [5, 5.41) is 10.6. The van der Waals surface area contributed by atoms with Crippen LogP contribution in [0.5, 0.6) is 0 Å². The Morgan fingerprint density at radius 3 is 2.79 bits per heavy atom. The summed E-state index contributed by atoms with van der Waals surface area (Å²) in [5.74, 6) is -0.398. The Labute approximate surface area is 81.3 Å². The Morgan fingerprint density at radius 2 is 2.29 bits per heavy atom. The lowest BCUT2D eigenvalue weighted by atomic mass is 10.5. The van der Waals surface area contributed by atoms with Crippen molar-refractivity contribution in [1.82, 2.24) is 4.98 Å². The number of pyridine rings is 1. The summed E-state index contributed by atoms with van der Waals surface area (Å²) in [6.45, 7) is 0. The van der Waals surface area contributed by atoms with Gasteiger partial charge in [0, 0.05) is 13.3 Å². The molecule has 14 heavy (non-hydrogen) atoms. The minimum Gasteiger partial charge on any atom is -0.358 e. The van der Waals surface area contributed by atoms with E-state index in [1.165, 1.54) is 31.6 Å². The van der Waals surface area contributed by atoms with Crippen molar-refractivity contribution in [1.29, 1.82) is 0 Å². The highest BCUT2D eigenvalue weighted by Gasteiger charge is 2.20. The van der Waals surface area contributed by atoms with Crippen molar-refractivity contribution in [2.75, 3.05) is 13.3 Å². The Bertz CT molecular complexity index is 477. The predicted octanol–water partition coefficient (Wildman–Crippen LogP) is 1.08. The van der Waals surface area contributed by atoms with Crippen LogP contribution in [0.4, 0.5) is 5.82 Å². The molecule has 1 heterocycles. The van der Waals surface area contributed by atoms with Crippen molar-refractivity contribution >= 4 is 15.5 Å². The van der Waals surface area contributed by atoms with Gasteiger partial charge in [0.15, 0.2) is 0 Å². The van der Waals surface area contributed by atoms with E-state index in [1.54, 1.807) is 0 Å². The number of rotatable bonds is 2. The van der Waals surface area contributed by atoms with E-state index in [9.17, 15) is 14.3 Å². The molecule has 0 radical (unpaired) electrons. The average molecular weight is 215 g/mol. The Morgan fingerprint density at radius 1 is 1.64 bits per heavy atom. The second-order valence-corrected chi connectivity index (χ2v) is 4.98. The van der Waals surface area contributed by atoms with Gasteiger partial charge in [-0.25, -0.2) is 8.57 Å². The van der Waals surface area contributed by atoms with Crippen molar-refractivity contribution in [2.24, 2.45) is 4.36 Å². The maximum atomic E-state index is 11.8. The van der Waals surface area contributed by atoms with Gasteiger partial charge in [0.05, 0.1) is 9.73 Å². The molecule has 1 unspecified atom stereocenters. The third-order valence-electron chi connectivity index (χ3n) is 1.68. The van der Waals surface area contributed by atoms with Crippen molar-refractivity contribution < 1.29 is 9.13 Å². The van der Waals surface area contributed by atoms with Crippen LogP contribution in [-0.4, -0.2) is 27.4 Å². The highest BCUT2D eigenvalue weighted by Crippen LogP contribution is 2.20. The normalized spacial score (nSPS) is 14.4. The van der Waals surface area contributed by atoms with Crippen LogP contribution in [0.3, 0.4) is 0 Å². The molecule has 0 saturated heterocycles. The summed E-state index contributed by atoms with van der Waals surface area (Å²) in [6, 6.07) is 2.90. The maximum Gasteiger partial charge on any atom is 0.380 e. The molecular weight excluding hydrogens is 206 g/mol. The lowest BCUT2D eigenvalue weighted by Gasteiger charge is -2.02. The number of nitro groups is 1. The van der Waals surface area contributed by atoms with Gasteiger partial charge in [-0.15, -0.1) is 0 Å². The fourth-order valence-electron chi connectivity index (χ4n) is 0.913. The van der Waals surface area contributed by atoms with Crippen molar-refractivity contribution in [3.8, 4) is 0 Å². The zero-order valence-corrected chi connectivity index (χ0v) is 8.52. The third kappa shape index (κ3) is 1.87. The second-order valence-electron chi connectivity index (χ2n) is 2.57. The van der Waals surface area contributed by atoms with E-state index in [-0.39, 0.29) is 4.90 Å². The van der Waals surface area contributed by atoms with Crippen molar-refractivity contribution in [2.45, 2.75) is 4.90 Å². The molecule has 0 aromatic carbocycles. The van der Waals surface area contributed by atoms with E-state index in [0.717, 1.165) is 0 Å². The first-order valence-corrected chi connectivity index (χ1v) is 5.61. The monoisotopic (exact) mass is 215 g/mol. The van der Waals surface area contributed by atoms with Crippen LogP contribution in [0.15, 0.2) is 27.6 Å². The molecule has 76 valence electrons. The molecule has 1 aromatic rings. The average Bonchev–Trinajstić information content (AvgIpc) is 2.18. The summed E-state index contributed by atoms with van der Waals surface area (Å²) in [4.78, 5) is 13.5. The van der Waals surface area contributed by atoms with Gasteiger partial charge in [-0.3, -0.25) is 0 Å². The topological polar surface area (TPSA) is 85.5 Å². The molecule has 0 aliphatic rings. The zero-order chi connectivity index (χ0) is 10.8. The van der Waals surface area contributed by atoms with Crippen LogP contribution in [0, 0.1) is 10.1 Å². The number of hydrogen-bond acceptors (Lipinski definition) is 5. The van der Waals surface area contributed by atoms with Gasteiger partial charge in [0.2, 0.25) is 0 Å². The molecular formula is C7H9N3O3S. The van der Waals surface area contributed by atoms with Gasteiger partial charge in [-0.1, -0.05) is 0 Å². The summed E-state index contributed by atoms with van der Waals surface area (Å²) >= 11 is 0.